The normalized spacial score (nSPS) is 19.6. The molecule has 1 aliphatic heterocycles. The summed E-state index contributed by atoms with van der Waals surface area (Å²) >= 11 is 0. The van der Waals surface area contributed by atoms with Crippen LogP contribution in [0.25, 0.3) is 0 Å². The highest BCUT2D eigenvalue weighted by Gasteiger charge is 2.22. The second kappa shape index (κ2) is 5.94. The average Bonchev–Trinajstić information content (AvgIpc) is 2.78. The molecule has 18 heavy (non-hydrogen) atoms. The molecule has 1 atom stereocenters. The zero-order chi connectivity index (χ0) is 13.0. The fourth-order valence-corrected chi connectivity index (χ4v) is 2.36. The van der Waals surface area contributed by atoms with E-state index in [1.54, 1.807) is 4.68 Å². The summed E-state index contributed by atoms with van der Waals surface area (Å²) in [5.41, 5.74) is 1.01. The third kappa shape index (κ3) is 3.06. The van der Waals surface area contributed by atoms with Crippen molar-refractivity contribution in [3.05, 3.63) is 11.9 Å². The van der Waals surface area contributed by atoms with Crippen LogP contribution in [0.3, 0.4) is 0 Å². The van der Waals surface area contributed by atoms with E-state index < -0.39 is 0 Å². The van der Waals surface area contributed by atoms with E-state index in [-0.39, 0.29) is 6.04 Å². The first-order chi connectivity index (χ1) is 8.72. The first-order valence-electron chi connectivity index (χ1n) is 6.44. The second-order valence-corrected chi connectivity index (χ2v) is 4.75. The molecule has 0 spiro atoms. The summed E-state index contributed by atoms with van der Waals surface area (Å²) in [4.78, 5) is 4.64. The maximum absolute atomic E-state index is 9.06. The van der Waals surface area contributed by atoms with Gasteiger partial charge in [0.2, 0.25) is 0 Å². The largest absolute Gasteiger partial charge is 0.295 e. The van der Waals surface area contributed by atoms with Crippen molar-refractivity contribution in [1.82, 2.24) is 24.8 Å². The molecule has 0 bridgehead atoms. The molecule has 0 aliphatic carbocycles. The molecule has 1 aromatic heterocycles. The lowest BCUT2D eigenvalue weighted by Crippen LogP contribution is -2.49. The molecule has 0 saturated carbocycles. The quantitative estimate of drug-likeness (QED) is 0.763. The van der Waals surface area contributed by atoms with Crippen molar-refractivity contribution in [1.29, 1.82) is 5.26 Å². The Morgan fingerprint density at radius 1 is 1.39 bits per heavy atom. The minimum Gasteiger partial charge on any atom is -0.295 e. The number of nitriles is 1. The fourth-order valence-electron chi connectivity index (χ4n) is 2.36. The molecule has 0 amide bonds. The first kappa shape index (κ1) is 13.0. The van der Waals surface area contributed by atoms with Crippen LogP contribution in [0.5, 0.6) is 0 Å². The number of rotatable bonds is 4. The van der Waals surface area contributed by atoms with Crippen molar-refractivity contribution in [3.63, 3.8) is 0 Å². The van der Waals surface area contributed by atoms with Crippen molar-refractivity contribution < 1.29 is 0 Å². The molecule has 0 radical (unpaired) electrons. The number of nitrogens with zero attached hydrogens (tertiary/aromatic N) is 6. The van der Waals surface area contributed by atoms with Gasteiger partial charge < -0.3 is 0 Å². The van der Waals surface area contributed by atoms with Crippen LogP contribution in [0.4, 0.5) is 0 Å². The summed E-state index contributed by atoms with van der Waals surface area (Å²) in [5, 5.41) is 17.1. The lowest BCUT2D eigenvalue weighted by Gasteiger charge is -2.36. The van der Waals surface area contributed by atoms with E-state index in [1.165, 1.54) is 0 Å². The Kier molecular flexibility index (Phi) is 4.28. The Labute approximate surface area is 108 Å². The molecule has 2 heterocycles. The van der Waals surface area contributed by atoms with E-state index in [2.05, 4.69) is 33.1 Å². The van der Waals surface area contributed by atoms with Crippen LogP contribution in [0, 0.1) is 11.3 Å². The number of piperazine rings is 1. The van der Waals surface area contributed by atoms with E-state index in [0.717, 1.165) is 44.8 Å². The van der Waals surface area contributed by atoms with E-state index in [9.17, 15) is 0 Å². The highest BCUT2D eigenvalue weighted by molar-refractivity contribution is 4.95. The van der Waals surface area contributed by atoms with Gasteiger partial charge in [-0.1, -0.05) is 12.1 Å². The summed E-state index contributed by atoms with van der Waals surface area (Å²) < 4.78 is 1.73. The Balaban J connectivity index is 1.82. The molecule has 1 unspecified atom stereocenters. The number of aromatic nitrogens is 3. The van der Waals surface area contributed by atoms with Crippen LogP contribution in [0.2, 0.25) is 0 Å². The van der Waals surface area contributed by atoms with Crippen LogP contribution in [-0.4, -0.2) is 57.0 Å². The Morgan fingerprint density at radius 3 is 2.61 bits per heavy atom. The Hall–Kier alpha value is -1.45. The highest BCUT2D eigenvalue weighted by atomic mass is 15.4. The summed E-state index contributed by atoms with van der Waals surface area (Å²) in [6.45, 7) is 6.84. The van der Waals surface area contributed by atoms with Crippen molar-refractivity contribution in [3.8, 4) is 6.07 Å². The van der Waals surface area contributed by atoms with Gasteiger partial charge in [-0.2, -0.15) is 5.26 Å². The van der Waals surface area contributed by atoms with Gasteiger partial charge in [-0.05, 0) is 6.42 Å². The van der Waals surface area contributed by atoms with Gasteiger partial charge in [0.05, 0.1) is 17.8 Å². The molecule has 1 aliphatic rings. The summed E-state index contributed by atoms with van der Waals surface area (Å²) in [7, 11) is 1.88. The number of aryl methyl sites for hydroxylation is 1. The molecule has 1 fully saturated rings. The number of hydrogen-bond acceptors (Lipinski definition) is 5. The minimum atomic E-state index is 0.0728. The van der Waals surface area contributed by atoms with Crippen LogP contribution in [-0.2, 0) is 13.6 Å². The van der Waals surface area contributed by atoms with Gasteiger partial charge in [0.1, 0.15) is 0 Å². The third-order valence-electron chi connectivity index (χ3n) is 3.42. The first-order valence-corrected chi connectivity index (χ1v) is 6.44. The van der Waals surface area contributed by atoms with E-state index in [1.807, 2.05) is 13.2 Å². The van der Waals surface area contributed by atoms with Gasteiger partial charge >= 0.3 is 0 Å². The summed E-state index contributed by atoms with van der Waals surface area (Å²) in [5.74, 6) is 0. The lowest BCUT2D eigenvalue weighted by atomic mass is 10.2. The van der Waals surface area contributed by atoms with Crippen molar-refractivity contribution >= 4 is 0 Å². The Morgan fingerprint density at radius 2 is 2.11 bits per heavy atom. The van der Waals surface area contributed by atoms with Gasteiger partial charge in [0.25, 0.3) is 0 Å². The SMILES string of the molecule is CCC(C#N)N1CCN(Cc2cn(C)nn2)CC1. The monoisotopic (exact) mass is 248 g/mol. The molecule has 1 saturated heterocycles. The molecule has 98 valence electrons. The Bertz CT molecular complexity index is 412. The van der Waals surface area contributed by atoms with Gasteiger partial charge in [0.15, 0.2) is 0 Å². The predicted octanol–water partition coefficient (Wildman–Crippen LogP) is 0.235. The molecule has 0 N–H and O–H groups in total. The molecular weight excluding hydrogens is 228 g/mol. The fraction of sp³-hybridized carbons (Fsp3) is 0.750. The molecule has 1 aromatic rings. The maximum Gasteiger partial charge on any atom is 0.0976 e. The van der Waals surface area contributed by atoms with Crippen molar-refractivity contribution in [2.75, 3.05) is 26.2 Å². The van der Waals surface area contributed by atoms with Gasteiger partial charge in [-0.15, -0.1) is 5.10 Å². The standard InChI is InChI=1S/C12H20N6/c1-3-12(8-13)18-6-4-17(5-7-18)10-11-9-16(2)15-14-11/h9,12H,3-7,10H2,1-2H3. The zero-order valence-electron chi connectivity index (χ0n) is 11.1. The lowest BCUT2D eigenvalue weighted by molar-refractivity contribution is 0.107. The maximum atomic E-state index is 9.06. The van der Waals surface area contributed by atoms with Crippen LogP contribution >= 0.6 is 0 Å². The predicted molar refractivity (Wildman–Crippen MR) is 67.5 cm³/mol. The smallest absolute Gasteiger partial charge is 0.0976 e. The second-order valence-electron chi connectivity index (χ2n) is 4.75. The van der Waals surface area contributed by atoms with Gasteiger partial charge in [0, 0.05) is 46.0 Å². The molecule has 6 heteroatoms. The van der Waals surface area contributed by atoms with Gasteiger partial charge in [-0.3, -0.25) is 14.5 Å². The zero-order valence-corrected chi connectivity index (χ0v) is 11.1. The average molecular weight is 248 g/mol. The molecular formula is C12H20N6. The van der Waals surface area contributed by atoms with Crippen LogP contribution in [0.15, 0.2) is 6.20 Å². The van der Waals surface area contributed by atoms with Crippen LogP contribution < -0.4 is 0 Å². The van der Waals surface area contributed by atoms with Crippen LogP contribution in [0.1, 0.15) is 19.0 Å². The van der Waals surface area contributed by atoms with E-state index in [4.69, 9.17) is 5.26 Å². The summed E-state index contributed by atoms with van der Waals surface area (Å²) in [6, 6.07) is 2.44. The minimum absolute atomic E-state index is 0.0728. The molecule has 0 aromatic carbocycles. The topological polar surface area (TPSA) is 61.0 Å². The molecule has 6 nitrogen and oxygen atoms in total. The van der Waals surface area contributed by atoms with Crippen molar-refractivity contribution in [2.24, 2.45) is 7.05 Å². The highest BCUT2D eigenvalue weighted by Crippen LogP contribution is 2.10. The summed E-state index contributed by atoms with van der Waals surface area (Å²) in [6.07, 6.45) is 2.86. The number of hydrogen-bond donors (Lipinski definition) is 0. The van der Waals surface area contributed by atoms with E-state index >= 15 is 0 Å². The van der Waals surface area contributed by atoms with Crippen molar-refractivity contribution in [2.45, 2.75) is 25.9 Å². The van der Waals surface area contributed by atoms with Gasteiger partial charge in [-0.25, -0.2) is 0 Å². The van der Waals surface area contributed by atoms with E-state index in [0.29, 0.717) is 0 Å². The third-order valence-corrected chi connectivity index (χ3v) is 3.42. The molecule has 2 rings (SSSR count).